The Morgan fingerprint density at radius 2 is 1.63 bits per heavy atom. The highest BCUT2D eigenvalue weighted by molar-refractivity contribution is 5.22. The summed E-state index contributed by atoms with van der Waals surface area (Å²) >= 11 is 0. The van der Waals surface area contributed by atoms with E-state index in [9.17, 15) is 0 Å². The van der Waals surface area contributed by atoms with Crippen molar-refractivity contribution in [1.82, 2.24) is 9.80 Å². The van der Waals surface area contributed by atoms with Gasteiger partial charge in [-0.3, -0.25) is 0 Å². The van der Waals surface area contributed by atoms with Crippen molar-refractivity contribution in [3.8, 4) is 0 Å². The van der Waals surface area contributed by atoms with E-state index in [1.807, 2.05) is 0 Å². The van der Waals surface area contributed by atoms with Gasteiger partial charge in [-0.2, -0.15) is 0 Å². The molecule has 1 aliphatic carbocycles. The average molecular weight is 264 g/mol. The van der Waals surface area contributed by atoms with Crippen LogP contribution in [0.15, 0.2) is 23.9 Å². The third kappa shape index (κ3) is 4.10. The van der Waals surface area contributed by atoms with Crippen LogP contribution in [0.2, 0.25) is 0 Å². The van der Waals surface area contributed by atoms with E-state index in [2.05, 4.69) is 57.3 Å². The first-order chi connectivity index (χ1) is 9.04. The molecule has 1 rings (SSSR count). The van der Waals surface area contributed by atoms with Gasteiger partial charge in [0.15, 0.2) is 0 Å². The molecule has 0 bridgehead atoms. The van der Waals surface area contributed by atoms with Gasteiger partial charge in [0.05, 0.1) is 0 Å². The van der Waals surface area contributed by atoms with Gasteiger partial charge in [-0.05, 0) is 66.1 Å². The van der Waals surface area contributed by atoms with Crippen LogP contribution in [0, 0.1) is 0 Å². The molecule has 0 spiro atoms. The zero-order valence-electron chi connectivity index (χ0n) is 13.6. The van der Waals surface area contributed by atoms with Crippen LogP contribution < -0.4 is 0 Å². The Kier molecular flexibility index (Phi) is 6.64. The molecule has 1 fully saturated rings. The molecule has 0 radical (unpaired) electrons. The molecule has 1 aliphatic rings. The van der Waals surface area contributed by atoms with Crippen LogP contribution in [0.1, 0.15) is 52.9 Å². The zero-order valence-corrected chi connectivity index (χ0v) is 13.6. The largest absolute Gasteiger partial charge is 0.369 e. The summed E-state index contributed by atoms with van der Waals surface area (Å²) in [6.45, 7) is 11.9. The maximum absolute atomic E-state index is 4.03. The fourth-order valence-electron chi connectivity index (χ4n) is 3.23. The van der Waals surface area contributed by atoms with Crippen molar-refractivity contribution in [2.75, 3.05) is 20.6 Å². The van der Waals surface area contributed by atoms with Crippen molar-refractivity contribution in [1.29, 1.82) is 0 Å². The standard InChI is InChI=1S/C17H32N2/c1-7-14(4)17(8-2)19(9-3)16-12-10-15(11-13-16)18(5)6/h8,15-16H,2,7,9-13H2,1,3-6H3/b17-14+/t15-,16-. The fraction of sp³-hybridized carbons (Fsp3) is 0.765. The first kappa shape index (κ1) is 16.3. The van der Waals surface area contributed by atoms with Crippen LogP contribution in [-0.4, -0.2) is 42.5 Å². The summed E-state index contributed by atoms with van der Waals surface area (Å²) < 4.78 is 0. The molecule has 0 aromatic carbocycles. The highest BCUT2D eigenvalue weighted by Gasteiger charge is 2.26. The molecule has 0 amide bonds. The van der Waals surface area contributed by atoms with Crippen LogP contribution in [0.5, 0.6) is 0 Å². The van der Waals surface area contributed by atoms with Crippen molar-refractivity contribution < 1.29 is 0 Å². The molecule has 0 saturated heterocycles. The molecular weight excluding hydrogens is 232 g/mol. The molecular formula is C17H32N2. The lowest BCUT2D eigenvalue weighted by Crippen LogP contribution is -2.41. The Morgan fingerprint density at radius 1 is 1.11 bits per heavy atom. The van der Waals surface area contributed by atoms with E-state index in [0.29, 0.717) is 6.04 Å². The maximum Gasteiger partial charge on any atom is 0.0351 e. The molecule has 2 heteroatoms. The molecule has 0 unspecified atom stereocenters. The number of hydrogen-bond donors (Lipinski definition) is 0. The van der Waals surface area contributed by atoms with Gasteiger partial charge < -0.3 is 9.80 Å². The second-order valence-corrected chi connectivity index (χ2v) is 5.94. The summed E-state index contributed by atoms with van der Waals surface area (Å²) in [6.07, 6.45) is 8.44. The van der Waals surface area contributed by atoms with Crippen molar-refractivity contribution in [3.63, 3.8) is 0 Å². The molecule has 19 heavy (non-hydrogen) atoms. The van der Waals surface area contributed by atoms with Crippen molar-refractivity contribution in [2.45, 2.75) is 65.0 Å². The third-order valence-corrected chi connectivity index (χ3v) is 4.65. The Morgan fingerprint density at radius 3 is 2.00 bits per heavy atom. The van der Waals surface area contributed by atoms with Gasteiger partial charge in [0.25, 0.3) is 0 Å². The summed E-state index contributed by atoms with van der Waals surface area (Å²) in [7, 11) is 4.41. The Labute approximate surface area is 120 Å². The average Bonchev–Trinajstić information content (AvgIpc) is 2.44. The van der Waals surface area contributed by atoms with E-state index in [0.717, 1.165) is 19.0 Å². The first-order valence-electron chi connectivity index (χ1n) is 7.80. The quantitative estimate of drug-likeness (QED) is 0.668. The molecule has 2 nitrogen and oxygen atoms in total. The van der Waals surface area contributed by atoms with Gasteiger partial charge in [0.1, 0.15) is 0 Å². The lowest BCUT2D eigenvalue weighted by Gasteiger charge is -2.40. The highest BCUT2D eigenvalue weighted by Crippen LogP contribution is 2.29. The molecule has 0 aromatic rings. The van der Waals surface area contributed by atoms with Crippen LogP contribution in [0.25, 0.3) is 0 Å². The van der Waals surface area contributed by atoms with Crippen LogP contribution in [0.4, 0.5) is 0 Å². The molecule has 0 aliphatic heterocycles. The lowest BCUT2D eigenvalue weighted by atomic mass is 9.89. The Hall–Kier alpha value is -0.760. The maximum atomic E-state index is 4.03. The SMILES string of the molecule is C=C/C(=C(/C)CC)N(CC)[C@H]1CC[C@H](N(C)C)CC1. The number of hydrogen-bond acceptors (Lipinski definition) is 2. The third-order valence-electron chi connectivity index (χ3n) is 4.65. The van der Waals surface area contributed by atoms with E-state index in [4.69, 9.17) is 0 Å². The monoisotopic (exact) mass is 264 g/mol. The topological polar surface area (TPSA) is 6.48 Å². The van der Waals surface area contributed by atoms with Gasteiger partial charge in [0, 0.05) is 24.3 Å². The molecule has 0 atom stereocenters. The van der Waals surface area contributed by atoms with E-state index in [1.54, 1.807) is 0 Å². The van der Waals surface area contributed by atoms with Crippen molar-refractivity contribution in [2.24, 2.45) is 0 Å². The normalized spacial score (nSPS) is 25.2. The lowest BCUT2D eigenvalue weighted by molar-refractivity contribution is 0.149. The smallest absolute Gasteiger partial charge is 0.0351 e. The van der Waals surface area contributed by atoms with Gasteiger partial charge in [0.2, 0.25) is 0 Å². The van der Waals surface area contributed by atoms with E-state index in [1.165, 1.54) is 37.0 Å². The minimum atomic E-state index is 0.704. The predicted octanol–water partition coefficient (Wildman–Crippen LogP) is 4.05. The first-order valence-corrected chi connectivity index (χ1v) is 7.80. The van der Waals surface area contributed by atoms with Gasteiger partial charge >= 0.3 is 0 Å². The van der Waals surface area contributed by atoms with Gasteiger partial charge in [-0.1, -0.05) is 19.1 Å². The van der Waals surface area contributed by atoms with Crippen molar-refractivity contribution >= 4 is 0 Å². The summed E-state index contributed by atoms with van der Waals surface area (Å²) in [5.74, 6) is 0. The van der Waals surface area contributed by atoms with E-state index < -0.39 is 0 Å². The minimum Gasteiger partial charge on any atom is -0.369 e. The molecule has 0 N–H and O–H groups in total. The molecule has 0 heterocycles. The number of allylic oxidation sites excluding steroid dienone is 2. The predicted molar refractivity (Wildman–Crippen MR) is 85.3 cm³/mol. The van der Waals surface area contributed by atoms with E-state index in [-0.39, 0.29) is 0 Å². The van der Waals surface area contributed by atoms with E-state index >= 15 is 0 Å². The Bertz CT molecular complexity index is 309. The number of likely N-dealkylation sites (N-methyl/N-ethyl adjacent to an activating group) is 1. The van der Waals surface area contributed by atoms with Gasteiger partial charge in [-0.15, -0.1) is 0 Å². The van der Waals surface area contributed by atoms with Crippen molar-refractivity contribution in [3.05, 3.63) is 23.9 Å². The summed E-state index contributed by atoms with van der Waals surface area (Å²) in [5.41, 5.74) is 2.84. The summed E-state index contributed by atoms with van der Waals surface area (Å²) in [4.78, 5) is 4.96. The number of rotatable bonds is 6. The van der Waals surface area contributed by atoms with Crippen LogP contribution in [-0.2, 0) is 0 Å². The number of nitrogens with zero attached hydrogens (tertiary/aromatic N) is 2. The zero-order chi connectivity index (χ0) is 14.4. The molecule has 110 valence electrons. The van der Waals surface area contributed by atoms with Crippen LogP contribution >= 0.6 is 0 Å². The summed E-state index contributed by atoms with van der Waals surface area (Å²) in [6, 6.07) is 1.48. The summed E-state index contributed by atoms with van der Waals surface area (Å²) in [5, 5.41) is 0. The Balaban J connectivity index is 2.75. The fourth-order valence-corrected chi connectivity index (χ4v) is 3.23. The van der Waals surface area contributed by atoms with Gasteiger partial charge in [-0.25, -0.2) is 0 Å². The molecule has 0 aromatic heterocycles. The second kappa shape index (κ2) is 7.74. The highest BCUT2D eigenvalue weighted by atomic mass is 15.2. The minimum absolute atomic E-state index is 0.704. The second-order valence-electron chi connectivity index (χ2n) is 5.94. The van der Waals surface area contributed by atoms with Crippen LogP contribution in [0.3, 0.4) is 0 Å². The molecule has 1 saturated carbocycles.